The highest BCUT2D eigenvalue weighted by atomic mass is 15.1. The van der Waals surface area contributed by atoms with Crippen LogP contribution in [0.25, 0.3) is 5.69 Å². The first-order chi connectivity index (χ1) is 16.4. The fraction of sp³-hybridized carbons (Fsp3) is 0.710. The molecule has 1 aromatic carbocycles. The molecule has 0 spiro atoms. The fourth-order valence-corrected chi connectivity index (χ4v) is 4.94. The topological polar surface area (TPSA) is 8.81 Å². The van der Waals surface area contributed by atoms with Crippen molar-refractivity contribution in [3.05, 3.63) is 48.5 Å². The lowest BCUT2D eigenvalue weighted by Crippen LogP contribution is -2.37. The molecule has 2 heteroatoms. The van der Waals surface area contributed by atoms with Gasteiger partial charge in [0.2, 0.25) is 0 Å². The van der Waals surface area contributed by atoms with Gasteiger partial charge in [0.1, 0.15) is 18.1 Å². The van der Waals surface area contributed by atoms with E-state index in [1.165, 1.54) is 140 Å². The standard InChI is InChI=1S/C31H53N2/c1-3-5-7-9-11-12-13-14-16-18-23-27-32-28-29-33(30-24-20-19-21-25-30)31(32)26-22-17-15-10-8-6-4-2/h19-21,24-25,28-29H,3-18,22-23,26-27H2,1-2H3/q+1. The second kappa shape index (κ2) is 18.8. The predicted octanol–water partition coefficient (Wildman–Crippen LogP) is 9.37. The summed E-state index contributed by atoms with van der Waals surface area (Å²) in [5.74, 6) is 1.49. The van der Waals surface area contributed by atoms with Gasteiger partial charge in [-0.2, -0.15) is 4.57 Å². The number of aromatic nitrogens is 2. The Hall–Kier alpha value is -1.57. The van der Waals surface area contributed by atoms with Gasteiger partial charge in [-0.25, -0.2) is 4.57 Å². The van der Waals surface area contributed by atoms with Gasteiger partial charge in [0.25, 0.3) is 5.82 Å². The monoisotopic (exact) mass is 453 g/mol. The third-order valence-electron chi connectivity index (χ3n) is 7.05. The molecule has 0 radical (unpaired) electrons. The zero-order valence-corrected chi connectivity index (χ0v) is 22.1. The van der Waals surface area contributed by atoms with Crippen molar-refractivity contribution in [1.29, 1.82) is 0 Å². The van der Waals surface area contributed by atoms with Gasteiger partial charge in [-0.1, -0.05) is 128 Å². The second-order valence-electron chi connectivity index (χ2n) is 10.0. The van der Waals surface area contributed by atoms with Gasteiger partial charge in [-0.3, -0.25) is 0 Å². The summed E-state index contributed by atoms with van der Waals surface area (Å²) in [6, 6.07) is 10.9. The van der Waals surface area contributed by atoms with Gasteiger partial charge >= 0.3 is 0 Å². The Morgan fingerprint density at radius 3 is 1.61 bits per heavy atom. The van der Waals surface area contributed by atoms with Crippen molar-refractivity contribution >= 4 is 0 Å². The molecule has 0 atom stereocenters. The molecule has 2 rings (SSSR count). The number of benzene rings is 1. The lowest BCUT2D eigenvalue weighted by molar-refractivity contribution is -0.704. The van der Waals surface area contributed by atoms with Gasteiger partial charge in [-0.15, -0.1) is 0 Å². The molecule has 2 nitrogen and oxygen atoms in total. The molecule has 33 heavy (non-hydrogen) atoms. The van der Waals surface area contributed by atoms with E-state index in [9.17, 15) is 0 Å². The molecule has 186 valence electrons. The lowest BCUT2D eigenvalue weighted by Gasteiger charge is -2.06. The molecular weight excluding hydrogens is 400 g/mol. The van der Waals surface area contributed by atoms with E-state index in [0.29, 0.717) is 0 Å². The zero-order valence-electron chi connectivity index (χ0n) is 22.1. The highest BCUT2D eigenvalue weighted by Crippen LogP contribution is 2.15. The van der Waals surface area contributed by atoms with Crippen LogP contribution in [0.4, 0.5) is 0 Å². The Labute approximate surface area is 205 Å². The first-order valence-corrected chi connectivity index (χ1v) is 14.5. The summed E-state index contributed by atoms with van der Waals surface area (Å²) < 4.78 is 4.97. The fourth-order valence-electron chi connectivity index (χ4n) is 4.94. The van der Waals surface area contributed by atoms with Crippen molar-refractivity contribution in [1.82, 2.24) is 4.57 Å². The Bertz CT molecular complexity index is 688. The third-order valence-corrected chi connectivity index (χ3v) is 7.05. The van der Waals surface area contributed by atoms with Crippen molar-refractivity contribution in [3.8, 4) is 5.69 Å². The summed E-state index contributed by atoms with van der Waals surface area (Å²) in [6.45, 7) is 5.77. The van der Waals surface area contributed by atoms with Crippen LogP contribution in [0.2, 0.25) is 0 Å². The van der Waals surface area contributed by atoms with E-state index in [1.807, 2.05) is 0 Å². The summed E-state index contributed by atoms with van der Waals surface area (Å²) in [6.07, 6.45) is 30.9. The first-order valence-electron chi connectivity index (χ1n) is 14.5. The number of para-hydroxylation sites is 1. The molecule has 0 aliphatic rings. The summed E-state index contributed by atoms with van der Waals surface area (Å²) in [7, 11) is 0. The minimum Gasteiger partial charge on any atom is -0.234 e. The Kier molecular flexibility index (Phi) is 15.8. The molecule has 0 saturated heterocycles. The Morgan fingerprint density at radius 1 is 0.576 bits per heavy atom. The van der Waals surface area contributed by atoms with Crippen LogP contribution >= 0.6 is 0 Å². The van der Waals surface area contributed by atoms with E-state index < -0.39 is 0 Å². The van der Waals surface area contributed by atoms with Crippen molar-refractivity contribution < 1.29 is 4.57 Å². The van der Waals surface area contributed by atoms with Crippen LogP contribution in [0.1, 0.15) is 135 Å². The van der Waals surface area contributed by atoms with Gasteiger partial charge < -0.3 is 0 Å². The van der Waals surface area contributed by atoms with Gasteiger partial charge in [0, 0.05) is 6.42 Å². The zero-order chi connectivity index (χ0) is 23.4. The van der Waals surface area contributed by atoms with E-state index in [4.69, 9.17) is 0 Å². The van der Waals surface area contributed by atoms with Crippen molar-refractivity contribution in [3.63, 3.8) is 0 Å². The predicted molar refractivity (Wildman–Crippen MR) is 144 cm³/mol. The summed E-state index contributed by atoms with van der Waals surface area (Å²) in [4.78, 5) is 0. The lowest BCUT2D eigenvalue weighted by atomic mass is 10.1. The van der Waals surface area contributed by atoms with E-state index >= 15 is 0 Å². The maximum absolute atomic E-state index is 2.54. The summed E-state index contributed by atoms with van der Waals surface area (Å²) in [5.41, 5.74) is 1.30. The Balaban J connectivity index is 1.72. The van der Waals surface area contributed by atoms with E-state index in [-0.39, 0.29) is 0 Å². The first kappa shape index (κ1) is 27.7. The van der Waals surface area contributed by atoms with Gasteiger partial charge in [0.15, 0.2) is 0 Å². The molecule has 0 N–H and O–H groups in total. The van der Waals surface area contributed by atoms with Crippen LogP contribution in [0.15, 0.2) is 42.7 Å². The number of nitrogens with zero attached hydrogens (tertiary/aromatic N) is 2. The molecule has 0 aliphatic heterocycles. The number of rotatable bonds is 21. The van der Waals surface area contributed by atoms with Crippen LogP contribution < -0.4 is 4.57 Å². The highest BCUT2D eigenvalue weighted by Gasteiger charge is 2.18. The van der Waals surface area contributed by atoms with Crippen LogP contribution in [0.5, 0.6) is 0 Å². The summed E-state index contributed by atoms with van der Waals surface area (Å²) >= 11 is 0. The van der Waals surface area contributed by atoms with Crippen LogP contribution in [0.3, 0.4) is 0 Å². The Morgan fingerprint density at radius 2 is 1.06 bits per heavy atom. The van der Waals surface area contributed by atoms with Gasteiger partial charge in [-0.05, 0) is 31.4 Å². The largest absolute Gasteiger partial charge is 0.261 e. The molecule has 0 amide bonds. The molecule has 2 aromatic rings. The van der Waals surface area contributed by atoms with Crippen molar-refractivity contribution in [2.75, 3.05) is 0 Å². The third kappa shape index (κ3) is 11.9. The number of hydrogen-bond acceptors (Lipinski definition) is 0. The maximum Gasteiger partial charge on any atom is 0.261 e. The molecule has 0 saturated carbocycles. The molecule has 1 aromatic heterocycles. The molecule has 0 unspecified atom stereocenters. The minimum absolute atomic E-state index is 1.17. The summed E-state index contributed by atoms with van der Waals surface area (Å²) in [5, 5.41) is 0. The molecule has 0 aliphatic carbocycles. The normalized spacial score (nSPS) is 11.3. The number of unbranched alkanes of at least 4 members (excludes halogenated alkanes) is 16. The number of hydrogen-bond donors (Lipinski definition) is 0. The minimum atomic E-state index is 1.17. The quantitative estimate of drug-likeness (QED) is 0.131. The highest BCUT2D eigenvalue weighted by molar-refractivity contribution is 5.31. The van der Waals surface area contributed by atoms with Gasteiger partial charge in [0.05, 0.1) is 6.54 Å². The SMILES string of the molecule is CCCCCCCCCCCCC[n+]1ccn(-c2ccccc2)c1CCCCCCCCC. The molecule has 0 fully saturated rings. The van der Waals surface area contributed by atoms with Crippen LogP contribution in [0, 0.1) is 0 Å². The molecule has 1 heterocycles. The smallest absolute Gasteiger partial charge is 0.234 e. The van der Waals surface area contributed by atoms with E-state index in [0.717, 1.165) is 0 Å². The van der Waals surface area contributed by atoms with E-state index in [1.54, 1.807) is 0 Å². The maximum atomic E-state index is 2.54. The van der Waals surface area contributed by atoms with Crippen LogP contribution in [-0.2, 0) is 13.0 Å². The van der Waals surface area contributed by atoms with Crippen molar-refractivity contribution in [2.24, 2.45) is 0 Å². The number of imidazole rings is 1. The van der Waals surface area contributed by atoms with Crippen molar-refractivity contribution in [2.45, 2.75) is 142 Å². The molecule has 0 bridgehead atoms. The van der Waals surface area contributed by atoms with E-state index in [2.05, 4.69) is 65.7 Å². The average molecular weight is 454 g/mol. The second-order valence-corrected chi connectivity index (χ2v) is 10.0. The molecular formula is C31H53N2+. The number of aryl methyl sites for hydroxylation is 1. The average Bonchev–Trinajstić information content (AvgIpc) is 3.25. The van der Waals surface area contributed by atoms with Crippen LogP contribution in [-0.4, -0.2) is 4.57 Å².